The van der Waals surface area contributed by atoms with Crippen molar-refractivity contribution in [2.75, 3.05) is 13.2 Å². The molecule has 6 nitrogen and oxygen atoms in total. The molecule has 0 atom stereocenters. The van der Waals surface area contributed by atoms with Gasteiger partial charge in [0.2, 0.25) is 0 Å². The van der Waals surface area contributed by atoms with E-state index in [2.05, 4.69) is 21.0 Å². The summed E-state index contributed by atoms with van der Waals surface area (Å²) < 4.78 is 7.34. The molecule has 0 spiro atoms. The van der Waals surface area contributed by atoms with Crippen molar-refractivity contribution in [2.24, 2.45) is 7.05 Å². The number of aryl methyl sites for hydroxylation is 2. The minimum absolute atomic E-state index is 0.0415. The number of halogens is 1. The summed E-state index contributed by atoms with van der Waals surface area (Å²) in [5.74, 6) is -0.626. The highest BCUT2D eigenvalue weighted by Gasteiger charge is 2.28. The Balaban J connectivity index is 2.25. The number of imide groups is 1. The van der Waals surface area contributed by atoms with Crippen LogP contribution in [0.4, 0.5) is 0 Å². The van der Waals surface area contributed by atoms with E-state index in [-0.39, 0.29) is 31.6 Å². The van der Waals surface area contributed by atoms with Crippen LogP contribution >= 0.6 is 15.9 Å². The first-order chi connectivity index (χ1) is 8.00. The average molecular weight is 302 g/mol. The number of carbonyl (C=O) groups is 2. The Morgan fingerprint density at radius 3 is 2.41 bits per heavy atom. The number of carbonyl (C=O) groups excluding carboxylic acids is 2. The quantitative estimate of drug-likeness (QED) is 0.741. The largest absolute Gasteiger partial charge is 0.362 e. The second kappa shape index (κ2) is 4.58. The summed E-state index contributed by atoms with van der Waals surface area (Å²) in [7, 11) is 1.78. The zero-order valence-electron chi connectivity index (χ0n) is 9.57. The maximum atomic E-state index is 11.6. The molecule has 0 aromatic carbocycles. The Morgan fingerprint density at radius 2 is 1.94 bits per heavy atom. The maximum Gasteiger partial charge on any atom is 0.255 e. The summed E-state index contributed by atoms with van der Waals surface area (Å²) >= 11 is 3.40. The van der Waals surface area contributed by atoms with Gasteiger partial charge in [-0.15, -0.1) is 0 Å². The van der Waals surface area contributed by atoms with Crippen LogP contribution in [0.3, 0.4) is 0 Å². The van der Waals surface area contributed by atoms with Crippen LogP contribution in [0, 0.1) is 6.92 Å². The van der Waals surface area contributed by atoms with E-state index in [9.17, 15) is 9.59 Å². The molecule has 1 aromatic rings. The third-order valence-corrected chi connectivity index (χ3v) is 3.65. The normalized spacial score (nSPS) is 16.8. The van der Waals surface area contributed by atoms with Gasteiger partial charge in [-0.25, -0.2) is 0 Å². The molecular weight excluding hydrogens is 290 g/mol. The van der Waals surface area contributed by atoms with Crippen LogP contribution in [-0.4, -0.2) is 39.7 Å². The number of morpholine rings is 1. The molecule has 1 aliphatic heterocycles. The van der Waals surface area contributed by atoms with Crippen molar-refractivity contribution >= 4 is 27.7 Å². The fraction of sp³-hybridized carbons (Fsp3) is 0.500. The SMILES string of the molecule is Cc1nn(C)c(CN2C(=O)COCC2=O)c1Br. The number of amides is 2. The van der Waals surface area contributed by atoms with Crippen molar-refractivity contribution in [1.82, 2.24) is 14.7 Å². The Labute approximate surface area is 107 Å². The summed E-state index contributed by atoms with van der Waals surface area (Å²) in [5, 5.41) is 4.22. The molecule has 1 saturated heterocycles. The highest BCUT2D eigenvalue weighted by Crippen LogP contribution is 2.22. The topological polar surface area (TPSA) is 64.4 Å². The van der Waals surface area contributed by atoms with Gasteiger partial charge in [-0.3, -0.25) is 19.2 Å². The van der Waals surface area contributed by atoms with Crippen LogP contribution in [0.2, 0.25) is 0 Å². The van der Waals surface area contributed by atoms with Crippen LogP contribution in [-0.2, 0) is 27.9 Å². The van der Waals surface area contributed by atoms with Gasteiger partial charge in [-0.1, -0.05) is 0 Å². The molecular formula is C10H12BrN3O3. The van der Waals surface area contributed by atoms with E-state index in [1.807, 2.05) is 6.92 Å². The van der Waals surface area contributed by atoms with Crippen molar-refractivity contribution in [1.29, 1.82) is 0 Å². The van der Waals surface area contributed by atoms with Crippen molar-refractivity contribution in [3.63, 3.8) is 0 Å². The summed E-state index contributed by atoms with van der Waals surface area (Å²) in [6.45, 7) is 2.00. The van der Waals surface area contributed by atoms with E-state index in [0.29, 0.717) is 0 Å². The minimum atomic E-state index is -0.313. The van der Waals surface area contributed by atoms with Gasteiger partial charge in [0.25, 0.3) is 11.8 Å². The number of hydrogen-bond acceptors (Lipinski definition) is 4. The van der Waals surface area contributed by atoms with Crippen LogP contribution in [0.25, 0.3) is 0 Å². The second-order valence-electron chi connectivity index (χ2n) is 3.84. The molecule has 0 N–H and O–H groups in total. The second-order valence-corrected chi connectivity index (χ2v) is 4.63. The third-order valence-electron chi connectivity index (χ3n) is 2.62. The van der Waals surface area contributed by atoms with Crippen molar-refractivity contribution in [2.45, 2.75) is 13.5 Å². The lowest BCUT2D eigenvalue weighted by Gasteiger charge is -2.24. The summed E-state index contributed by atoms with van der Waals surface area (Å²) in [6, 6.07) is 0. The standard InChI is InChI=1S/C10H12BrN3O3/c1-6-10(11)7(13(2)12-6)3-14-8(15)4-17-5-9(14)16/h3-5H2,1-2H3. The number of hydrogen-bond donors (Lipinski definition) is 0. The van der Waals surface area contributed by atoms with Crippen LogP contribution in [0.1, 0.15) is 11.4 Å². The molecule has 0 aliphatic carbocycles. The van der Waals surface area contributed by atoms with Gasteiger partial charge in [0.05, 0.1) is 22.4 Å². The van der Waals surface area contributed by atoms with Gasteiger partial charge in [0.15, 0.2) is 0 Å². The molecule has 0 saturated carbocycles. The number of ether oxygens (including phenoxy) is 1. The first kappa shape index (κ1) is 12.3. The smallest absolute Gasteiger partial charge is 0.255 e. The van der Waals surface area contributed by atoms with Crippen molar-refractivity contribution in [3.05, 3.63) is 15.9 Å². The van der Waals surface area contributed by atoms with Crippen LogP contribution < -0.4 is 0 Å². The molecule has 7 heteroatoms. The maximum absolute atomic E-state index is 11.6. The van der Waals surface area contributed by atoms with Gasteiger partial charge in [-0.2, -0.15) is 5.10 Å². The molecule has 17 heavy (non-hydrogen) atoms. The van der Waals surface area contributed by atoms with E-state index in [4.69, 9.17) is 4.74 Å². The predicted octanol–water partition coefficient (Wildman–Crippen LogP) is 0.376. The Morgan fingerprint density at radius 1 is 1.35 bits per heavy atom. The Bertz CT molecular complexity index is 467. The first-order valence-electron chi connectivity index (χ1n) is 5.09. The molecule has 1 aliphatic rings. The fourth-order valence-corrected chi connectivity index (χ4v) is 2.16. The lowest BCUT2D eigenvalue weighted by atomic mass is 10.3. The lowest BCUT2D eigenvalue weighted by Crippen LogP contribution is -2.45. The van der Waals surface area contributed by atoms with E-state index in [1.165, 1.54) is 4.90 Å². The molecule has 92 valence electrons. The molecule has 1 fully saturated rings. The third kappa shape index (κ3) is 2.25. The van der Waals surface area contributed by atoms with Gasteiger partial charge < -0.3 is 4.74 Å². The molecule has 0 bridgehead atoms. The van der Waals surface area contributed by atoms with Crippen LogP contribution in [0.15, 0.2) is 4.47 Å². The van der Waals surface area contributed by atoms with E-state index < -0.39 is 0 Å². The van der Waals surface area contributed by atoms with Gasteiger partial charge in [0, 0.05) is 7.05 Å². The zero-order valence-corrected chi connectivity index (χ0v) is 11.2. The number of nitrogens with zero attached hydrogens (tertiary/aromatic N) is 3. The van der Waals surface area contributed by atoms with Gasteiger partial charge in [-0.05, 0) is 22.9 Å². The molecule has 0 radical (unpaired) electrons. The number of rotatable bonds is 2. The van der Waals surface area contributed by atoms with E-state index in [0.717, 1.165) is 15.9 Å². The Kier molecular flexibility index (Phi) is 3.30. The monoisotopic (exact) mass is 301 g/mol. The summed E-state index contributed by atoms with van der Waals surface area (Å²) in [5.41, 5.74) is 1.63. The zero-order chi connectivity index (χ0) is 12.6. The fourth-order valence-electron chi connectivity index (χ4n) is 1.70. The molecule has 2 amide bonds. The van der Waals surface area contributed by atoms with Crippen molar-refractivity contribution < 1.29 is 14.3 Å². The summed E-state index contributed by atoms with van der Waals surface area (Å²) in [6.07, 6.45) is 0. The Hall–Kier alpha value is -1.21. The summed E-state index contributed by atoms with van der Waals surface area (Å²) in [4.78, 5) is 24.3. The molecule has 2 heterocycles. The minimum Gasteiger partial charge on any atom is -0.362 e. The number of aromatic nitrogens is 2. The predicted molar refractivity (Wildman–Crippen MR) is 62.0 cm³/mol. The molecule has 2 rings (SSSR count). The average Bonchev–Trinajstić information content (AvgIpc) is 2.49. The van der Waals surface area contributed by atoms with E-state index in [1.54, 1.807) is 11.7 Å². The first-order valence-corrected chi connectivity index (χ1v) is 5.89. The highest BCUT2D eigenvalue weighted by molar-refractivity contribution is 9.10. The molecule has 1 aromatic heterocycles. The van der Waals surface area contributed by atoms with Crippen molar-refractivity contribution in [3.8, 4) is 0 Å². The molecule has 0 unspecified atom stereocenters. The van der Waals surface area contributed by atoms with E-state index >= 15 is 0 Å². The highest BCUT2D eigenvalue weighted by atomic mass is 79.9. The van der Waals surface area contributed by atoms with Gasteiger partial charge >= 0.3 is 0 Å². The van der Waals surface area contributed by atoms with Gasteiger partial charge in [0.1, 0.15) is 13.2 Å². The lowest BCUT2D eigenvalue weighted by molar-refractivity contribution is -0.159. The van der Waals surface area contributed by atoms with Crippen LogP contribution in [0.5, 0.6) is 0 Å².